The first-order chi connectivity index (χ1) is 13.2. The summed E-state index contributed by atoms with van der Waals surface area (Å²) in [6.07, 6.45) is 12.1. The number of aromatic nitrogens is 3. The van der Waals surface area contributed by atoms with Gasteiger partial charge in [0.25, 0.3) is 0 Å². The molecule has 1 aromatic carbocycles. The lowest BCUT2D eigenvalue weighted by Crippen LogP contribution is -2.47. The van der Waals surface area contributed by atoms with Crippen molar-refractivity contribution >= 4 is 5.91 Å². The van der Waals surface area contributed by atoms with Gasteiger partial charge in [-0.1, -0.05) is 24.3 Å². The van der Waals surface area contributed by atoms with Gasteiger partial charge in [0.15, 0.2) is 0 Å². The van der Waals surface area contributed by atoms with Crippen molar-refractivity contribution < 1.29 is 4.79 Å². The van der Waals surface area contributed by atoms with Crippen molar-refractivity contribution in [3.63, 3.8) is 0 Å². The molecule has 142 valence electrons. The number of rotatable bonds is 6. The SMILES string of the molecule is O=C(CC12CC3CC(CC(C3)C1)C2)NCc1ccccc1Cn1cncn1. The summed E-state index contributed by atoms with van der Waals surface area (Å²) in [7, 11) is 0. The first-order valence-electron chi connectivity index (χ1n) is 10.3. The van der Waals surface area contributed by atoms with Gasteiger partial charge in [-0.25, -0.2) is 9.67 Å². The summed E-state index contributed by atoms with van der Waals surface area (Å²) in [5, 5.41) is 7.40. The van der Waals surface area contributed by atoms with Crippen LogP contribution in [0.3, 0.4) is 0 Å². The van der Waals surface area contributed by atoms with E-state index in [1.807, 2.05) is 16.8 Å². The van der Waals surface area contributed by atoms with Gasteiger partial charge in [-0.15, -0.1) is 0 Å². The second-order valence-electron chi connectivity index (χ2n) is 9.23. The molecule has 2 aromatic rings. The van der Waals surface area contributed by atoms with Crippen LogP contribution >= 0.6 is 0 Å². The number of nitrogens with zero attached hydrogens (tertiary/aromatic N) is 3. The Morgan fingerprint density at radius 2 is 1.74 bits per heavy atom. The Morgan fingerprint density at radius 1 is 1.07 bits per heavy atom. The Morgan fingerprint density at radius 3 is 2.37 bits per heavy atom. The minimum Gasteiger partial charge on any atom is -0.352 e. The largest absolute Gasteiger partial charge is 0.352 e. The highest BCUT2D eigenvalue weighted by atomic mass is 16.1. The molecular weight excluding hydrogens is 336 g/mol. The van der Waals surface area contributed by atoms with Gasteiger partial charge in [-0.2, -0.15) is 5.10 Å². The Hall–Kier alpha value is -2.17. The summed E-state index contributed by atoms with van der Waals surface area (Å²) in [5.74, 6) is 2.92. The normalized spacial score (nSPS) is 31.2. The maximum atomic E-state index is 12.8. The van der Waals surface area contributed by atoms with Crippen LogP contribution in [0.15, 0.2) is 36.9 Å². The average molecular weight is 364 g/mol. The Kier molecular flexibility index (Phi) is 4.25. The van der Waals surface area contributed by atoms with Crippen molar-refractivity contribution in [3.05, 3.63) is 48.0 Å². The summed E-state index contributed by atoms with van der Waals surface area (Å²) in [4.78, 5) is 16.8. The molecule has 1 N–H and O–H groups in total. The third kappa shape index (κ3) is 3.52. The van der Waals surface area contributed by atoms with Crippen LogP contribution in [0, 0.1) is 23.2 Å². The van der Waals surface area contributed by atoms with Crippen molar-refractivity contribution in [1.29, 1.82) is 0 Å². The highest BCUT2D eigenvalue weighted by molar-refractivity contribution is 5.76. The Balaban J connectivity index is 1.21. The summed E-state index contributed by atoms with van der Waals surface area (Å²) < 4.78 is 1.82. The molecule has 4 aliphatic rings. The fraction of sp³-hybridized carbons (Fsp3) is 0.591. The van der Waals surface area contributed by atoms with Crippen molar-refractivity contribution in [2.75, 3.05) is 0 Å². The van der Waals surface area contributed by atoms with Gasteiger partial charge < -0.3 is 5.32 Å². The number of hydrogen-bond acceptors (Lipinski definition) is 3. The van der Waals surface area contributed by atoms with Gasteiger partial charge in [-0.05, 0) is 72.8 Å². The molecule has 4 fully saturated rings. The second kappa shape index (κ2) is 6.77. The van der Waals surface area contributed by atoms with Gasteiger partial charge in [0.2, 0.25) is 5.91 Å². The molecule has 0 aliphatic heterocycles. The fourth-order valence-corrected chi connectivity index (χ4v) is 6.48. The maximum Gasteiger partial charge on any atom is 0.220 e. The predicted molar refractivity (Wildman–Crippen MR) is 103 cm³/mol. The van der Waals surface area contributed by atoms with Crippen LogP contribution in [0.2, 0.25) is 0 Å². The van der Waals surface area contributed by atoms with Gasteiger partial charge in [0, 0.05) is 13.0 Å². The van der Waals surface area contributed by atoms with E-state index in [4.69, 9.17) is 0 Å². The van der Waals surface area contributed by atoms with Gasteiger partial charge in [0.05, 0.1) is 6.54 Å². The van der Waals surface area contributed by atoms with Crippen LogP contribution in [0.4, 0.5) is 0 Å². The van der Waals surface area contributed by atoms with E-state index in [0.717, 1.165) is 29.7 Å². The molecule has 0 unspecified atom stereocenters. The standard InChI is InChI=1S/C22H28N4O/c27-21(11-22-8-16-5-17(9-22)7-18(6-16)10-22)24-12-19-3-1-2-4-20(19)13-26-15-23-14-25-26/h1-4,14-18H,5-13H2,(H,24,27). The van der Waals surface area contributed by atoms with Gasteiger partial charge in [-0.3, -0.25) is 4.79 Å². The highest BCUT2D eigenvalue weighted by Gasteiger charge is 2.51. The fourth-order valence-electron chi connectivity index (χ4n) is 6.48. The summed E-state index contributed by atoms with van der Waals surface area (Å²) >= 11 is 0. The summed E-state index contributed by atoms with van der Waals surface area (Å²) in [6.45, 7) is 1.27. The first kappa shape index (κ1) is 17.0. The summed E-state index contributed by atoms with van der Waals surface area (Å²) in [5.41, 5.74) is 2.64. The molecule has 4 aliphatic carbocycles. The molecule has 4 bridgehead atoms. The molecule has 5 nitrogen and oxygen atoms in total. The number of hydrogen-bond donors (Lipinski definition) is 1. The Bertz CT molecular complexity index is 778. The van der Waals surface area contributed by atoms with Crippen LogP contribution < -0.4 is 5.32 Å². The van der Waals surface area contributed by atoms with E-state index in [1.54, 1.807) is 12.7 Å². The molecular formula is C22H28N4O. The molecule has 5 heteroatoms. The van der Waals surface area contributed by atoms with E-state index >= 15 is 0 Å². The molecule has 4 saturated carbocycles. The Labute approximate surface area is 160 Å². The number of carbonyl (C=O) groups is 1. The number of benzene rings is 1. The van der Waals surface area contributed by atoms with Crippen LogP contribution in [0.5, 0.6) is 0 Å². The van der Waals surface area contributed by atoms with Crippen molar-refractivity contribution in [1.82, 2.24) is 20.1 Å². The van der Waals surface area contributed by atoms with E-state index in [0.29, 0.717) is 18.5 Å². The first-order valence-corrected chi connectivity index (χ1v) is 10.3. The lowest BCUT2D eigenvalue weighted by molar-refractivity contribution is -0.129. The molecule has 1 amide bonds. The average Bonchev–Trinajstić information content (AvgIpc) is 3.12. The topological polar surface area (TPSA) is 59.8 Å². The van der Waals surface area contributed by atoms with Crippen LogP contribution in [-0.4, -0.2) is 20.7 Å². The molecule has 0 saturated heterocycles. The maximum absolute atomic E-state index is 12.8. The number of carbonyl (C=O) groups excluding carboxylic acids is 1. The molecule has 0 spiro atoms. The van der Waals surface area contributed by atoms with Crippen molar-refractivity contribution in [2.24, 2.45) is 23.2 Å². The van der Waals surface area contributed by atoms with E-state index < -0.39 is 0 Å². The number of amides is 1. The third-order valence-corrected chi connectivity index (χ3v) is 7.09. The molecule has 6 rings (SSSR count). The highest BCUT2D eigenvalue weighted by Crippen LogP contribution is 2.61. The smallest absolute Gasteiger partial charge is 0.220 e. The molecule has 1 aromatic heterocycles. The van der Waals surface area contributed by atoms with E-state index in [1.165, 1.54) is 44.1 Å². The van der Waals surface area contributed by atoms with Crippen molar-refractivity contribution in [2.45, 2.75) is 58.0 Å². The van der Waals surface area contributed by atoms with E-state index in [9.17, 15) is 4.79 Å². The third-order valence-electron chi connectivity index (χ3n) is 7.09. The van der Waals surface area contributed by atoms with Crippen LogP contribution in [0.1, 0.15) is 56.1 Å². The quantitative estimate of drug-likeness (QED) is 0.853. The zero-order valence-electron chi connectivity index (χ0n) is 15.8. The molecule has 1 heterocycles. The second-order valence-corrected chi connectivity index (χ2v) is 9.23. The van der Waals surface area contributed by atoms with Crippen LogP contribution in [-0.2, 0) is 17.9 Å². The molecule has 0 atom stereocenters. The number of nitrogens with one attached hydrogen (secondary N) is 1. The van der Waals surface area contributed by atoms with Gasteiger partial charge in [0.1, 0.15) is 12.7 Å². The summed E-state index contributed by atoms with van der Waals surface area (Å²) in [6, 6.07) is 8.26. The van der Waals surface area contributed by atoms with E-state index in [2.05, 4.69) is 27.5 Å². The van der Waals surface area contributed by atoms with Crippen molar-refractivity contribution in [3.8, 4) is 0 Å². The lowest BCUT2D eigenvalue weighted by atomic mass is 9.49. The minimum atomic E-state index is 0.229. The lowest BCUT2D eigenvalue weighted by Gasteiger charge is -2.56. The zero-order valence-corrected chi connectivity index (χ0v) is 15.8. The minimum absolute atomic E-state index is 0.229. The monoisotopic (exact) mass is 364 g/mol. The van der Waals surface area contributed by atoms with E-state index in [-0.39, 0.29) is 5.91 Å². The predicted octanol–water partition coefficient (Wildman–Crippen LogP) is 3.55. The van der Waals surface area contributed by atoms with Gasteiger partial charge >= 0.3 is 0 Å². The van der Waals surface area contributed by atoms with Crippen LogP contribution in [0.25, 0.3) is 0 Å². The molecule has 0 radical (unpaired) electrons. The zero-order chi connectivity index (χ0) is 18.3. The molecule has 27 heavy (non-hydrogen) atoms.